The van der Waals surface area contributed by atoms with Crippen LogP contribution in [-0.4, -0.2) is 29.9 Å². The number of hydrogen-bond donors (Lipinski definition) is 1. The fourth-order valence-electron chi connectivity index (χ4n) is 1.82. The molecule has 1 aromatic rings. The Balaban J connectivity index is 2.21. The number of carbonyl (C=O) groups excluding carboxylic acids is 1. The fraction of sp³-hybridized carbons (Fsp3) is 0.417. The van der Waals surface area contributed by atoms with Crippen molar-refractivity contribution in [3.63, 3.8) is 0 Å². The lowest BCUT2D eigenvalue weighted by atomic mass is 10.2. The van der Waals surface area contributed by atoms with Crippen LogP contribution in [-0.2, 0) is 0 Å². The topological polar surface area (TPSA) is 46.3 Å². The van der Waals surface area contributed by atoms with E-state index < -0.39 is 11.6 Å². The van der Waals surface area contributed by atoms with Gasteiger partial charge in [0.05, 0.1) is 0 Å². The quantitative estimate of drug-likeness (QED) is 0.867. The maximum absolute atomic E-state index is 13.0. The smallest absolute Gasteiger partial charge is 0.254 e. The molecular formula is C12H14F2N2O. The molecule has 0 aliphatic heterocycles. The average Bonchev–Trinajstić information content (AvgIpc) is 3.07. The molecule has 5 heteroatoms. The van der Waals surface area contributed by atoms with Gasteiger partial charge < -0.3 is 10.6 Å². The molecule has 0 radical (unpaired) electrons. The van der Waals surface area contributed by atoms with Gasteiger partial charge in [0.15, 0.2) is 0 Å². The molecule has 2 N–H and O–H groups in total. The molecule has 0 bridgehead atoms. The third kappa shape index (κ3) is 2.79. The second-order valence-electron chi connectivity index (χ2n) is 4.18. The summed E-state index contributed by atoms with van der Waals surface area (Å²) in [7, 11) is 0. The van der Waals surface area contributed by atoms with Gasteiger partial charge in [-0.3, -0.25) is 4.79 Å². The molecule has 17 heavy (non-hydrogen) atoms. The summed E-state index contributed by atoms with van der Waals surface area (Å²) in [5.74, 6) is -1.83. The van der Waals surface area contributed by atoms with E-state index >= 15 is 0 Å². The Labute approximate surface area is 98.2 Å². The van der Waals surface area contributed by atoms with Crippen LogP contribution in [0.5, 0.6) is 0 Å². The van der Waals surface area contributed by atoms with Gasteiger partial charge in [-0.25, -0.2) is 8.78 Å². The molecule has 0 aromatic heterocycles. The SMILES string of the molecule is NCCN(C(=O)c1cc(F)cc(F)c1)C1CC1. The van der Waals surface area contributed by atoms with E-state index in [-0.39, 0.29) is 17.5 Å². The van der Waals surface area contributed by atoms with Gasteiger partial charge in [-0.15, -0.1) is 0 Å². The van der Waals surface area contributed by atoms with E-state index in [1.54, 1.807) is 4.90 Å². The maximum Gasteiger partial charge on any atom is 0.254 e. The molecule has 1 aliphatic rings. The van der Waals surface area contributed by atoms with Crippen LogP contribution < -0.4 is 5.73 Å². The molecule has 0 heterocycles. The van der Waals surface area contributed by atoms with Crippen molar-refractivity contribution < 1.29 is 13.6 Å². The predicted molar refractivity (Wildman–Crippen MR) is 59.5 cm³/mol. The number of hydrogen-bond acceptors (Lipinski definition) is 2. The number of halogens is 2. The number of benzene rings is 1. The molecule has 2 rings (SSSR count). The van der Waals surface area contributed by atoms with Crippen molar-refractivity contribution in [3.8, 4) is 0 Å². The normalized spacial score (nSPS) is 14.8. The first-order chi connectivity index (χ1) is 8.11. The minimum Gasteiger partial charge on any atom is -0.334 e. The van der Waals surface area contributed by atoms with Crippen LogP contribution in [0.15, 0.2) is 18.2 Å². The number of nitrogens with two attached hydrogens (primary N) is 1. The van der Waals surface area contributed by atoms with Gasteiger partial charge in [0.25, 0.3) is 5.91 Å². The summed E-state index contributed by atoms with van der Waals surface area (Å²) < 4.78 is 26.0. The Kier molecular flexibility index (Phi) is 3.38. The zero-order chi connectivity index (χ0) is 12.4. The summed E-state index contributed by atoms with van der Waals surface area (Å²) >= 11 is 0. The highest BCUT2D eigenvalue weighted by Crippen LogP contribution is 2.28. The van der Waals surface area contributed by atoms with Gasteiger partial charge in [-0.05, 0) is 25.0 Å². The molecule has 1 aliphatic carbocycles. The Morgan fingerprint density at radius 1 is 1.29 bits per heavy atom. The second kappa shape index (κ2) is 4.79. The van der Waals surface area contributed by atoms with E-state index in [1.165, 1.54) is 0 Å². The van der Waals surface area contributed by atoms with E-state index in [9.17, 15) is 13.6 Å². The molecule has 1 aromatic carbocycles. The lowest BCUT2D eigenvalue weighted by molar-refractivity contribution is 0.0747. The highest BCUT2D eigenvalue weighted by molar-refractivity contribution is 5.94. The summed E-state index contributed by atoms with van der Waals surface area (Å²) in [5, 5.41) is 0. The minimum absolute atomic E-state index is 0.0443. The van der Waals surface area contributed by atoms with Crippen molar-refractivity contribution >= 4 is 5.91 Å². The van der Waals surface area contributed by atoms with E-state index in [0.717, 1.165) is 31.0 Å². The first-order valence-electron chi connectivity index (χ1n) is 5.59. The third-order valence-corrected chi connectivity index (χ3v) is 2.73. The number of carbonyl (C=O) groups is 1. The lowest BCUT2D eigenvalue weighted by Gasteiger charge is -2.21. The van der Waals surface area contributed by atoms with Crippen LogP contribution >= 0.6 is 0 Å². The standard InChI is InChI=1S/C12H14F2N2O/c13-9-5-8(6-10(14)7-9)12(17)16(4-3-15)11-1-2-11/h5-7,11H,1-4,15H2. The van der Waals surface area contributed by atoms with Crippen molar-refractivity contribution in [1.82, 2.24) is 4.90 Å². The maximum atomic E-state index is 13.0. The van der Waals surface area contributed by atoms with Gasteiger partial charge in [-0.2, -0.15) is 0 Å². The van der Waals surface area contributed by atoms with Crippen molar-refractivity contribution in [2.24, 2.45) is 5.73 Å². The molecule has 1 amide bonds. The van der Waals surface area contributed by atoms with E-state index in [1.807, 2.05) is 0 Å². The summed E-state index contributed by atoms with van der Waals surface area (Å²) in [4.78, 5) is 13.6. The summed E-state index contributed by atoms with van der Waals surface area (Å²) in [6, 6.07) is 3.04. The molecular weight excluding hydrogens is 226 g/mol. The molecule has 1 fully saturated rings. The summed E-state index contributed by atoms with van der Waals surface area (Å²) in [5.41, 5.74) is 5.47. The van der Waals surface area contributed by atoms with Crippen LogP contribution in [0.1, 0.15) is 23.2 Å². The molecule has 0 spiro atoms. The van der Waals surface area contributed by atoms with Crippen molar-refractivity contribution in [2.45, 2.75) is 18.9 Å². The molecule has 0 atom stereocenters. The first-order valence-corrected chi connectivity index (χ1v) is 5.59. The van der Waals surface area contributed by atoms with E-state index in [4.69, 9.17) is 5.73 Å². The van der Waals surface area contributed by atoms with Crippen LogP contribution in [0.3, 0.4) is 0 Å². The summed E-state index contributed by atoms with van der Waals surface area (Å²) in [6.45, 7) is 0.766. The zero-order valence-electron chi connectivity index (χ0n) is 9.33. The monoisotopic (exact) mass is 240 g/mol. The Hall–Kier alpha value is -1.49. The van der Waals surface area contributed by atoms with Crippen LogP contribution in [0.2, 0.25) is 0 Å². The zero-order valence-corrected chi connectivity index (χ0v) is 9.33. The first kappa shape index (κ1) is 12.0. The third-order valence-electron chi connectivity index (χ3n) is 2.73. The Morgan fingerprint density at radius 2 is 1.88 bits per heavy atom. The van der Waals surface area contributed by atoms with Gasteiger partial charge in [-0.1, -0.05) is 0 Å². The van der Waals surface area contributed by atoms with Gasteiger partial charge >= 0.3 is 0 Å². The van der Waals surface area contributed by atoms with Crippen molar-refractivity contribution in [1.29, 1.82) is 0 Å². The number of amides is 1. The van der Waals surface area contributed by atoms with Crippen LogP contribution in [0.4, 0.5) is 8.78 Å². The van der Waals surface area contributed by atoms with Crippen LogP contribution in [0.25, 0.3) is 0 Å². The highest BCUT2D eigenvalue weighted by Gasteiger charge is 2.32. The van der Waals surface area contributed by atoms with Gasteiger partial charge in [0.2, 0.25) is 0 Å². The minimum atomic E-state index is -0.739. The Bertz CT molecular complexity index is 412. The van der Waals surface area contributed by atoms with Crippen molar-refractivity contribution in [2.75, 3.05) is 13.1 Å². The second-order valence-corrected chi connectivity index (χ2v) is 4.18. The molecule has 3 nitrogen and oxygen atoms in total. The van der Waals surface area contributed by atoms with Gasteiger partial charge in [0.1, 0.15) is 11.6 Å². The number of nitrogens with zero attached hydrogens (tertiary/aromatic N) is 1. The average molecular weight is 240 g/mol. The molecule has 92 valence electrons. The fourth-order valence-corrected chi connectivity index (χ4v) is 1.82. The van der Waals surface area contributed by atoms with Crippen molar-refractivity contribution in [3.05, 3.63) is 35.4 Å². The van der Waals surface area contributed by atoms with E-state index in [0.29, 0.717) is 13.1 Å². The Morgan fingerprint density at radius 3 is 2.35 bits per heavy atom. The van der Waals surface area contributed by atoms with Crippen LogP contribution in [0, 0.1) is 11.6 Å². The van der Waals surface area contributed by atoms with E-state index in [2.05, 4.69) is 0 Å². The molecule has 0 saturated heterocycles. The predicted octanol–water partition coefficient (Wildman–Crippen LogP) is 1.53. The lowest BCUT2D eigenvalue weighted by Crippen LogP contribution is -2.37. The van der Waals surface area contributed by atoms with Gasteiger partial charge in [0, 0.05) is 30.8 Å². The molecule has 0 unspecified atom stereocenters. The number of rotatable bonds is 4. The summed E-state index contributed by atoms with van der Waals surface area (Å²) in [6.07, 6.45) is 1.87. The molecule has 1 saturated carbocycles. The highest BCUT2D eigenvalue weighted by atomic mass is 19.1. The largest absolute Gasteiger partial charge is 0.334 e.